The van der Waals surface area contributed by atoms with Gasteiger partial charge >= 0.3 is 0 Å². The summed E-state index contributed by atoms with van der Waals surface area (Å²) in [7, 11) is -3.24. The zero-order valence-electron chi connectivity index (χ0n) is 10.8. The van der Waals surface area contributed by atoms with Gasteiger partial charge in [-0.3, -0.25) is 14.1 Å². The van der Waals surface area contributed by atoms with Crippen LogP contribution in [-0.4, -0.2) is 31.8 Å². The van der Waals surface area contributed by atoms with Crippen molar-refractivity contribution in [3.8, 4) is 5.75 Å². The minimum absolute atomic E-state index is 0.0134. The standard InChI is InChI=1S/C11H14N2O6S/c1-6(14)3-11(15)13-8-5-10(20(16,17)18)7(12)4-9(8)19-2/h4-5H,3,12H2,1-2H3,(H,13,15)(H,16,17,18). The summed E-state index contributed by atoms with van der Waals surface area (Å²) in [6.45, 7) is 1.24. The molecule has 4 N–H and O–H groups in total. The molecule has 0 aromatic heterocycles. The molecule has 0 atom stereocenters. The molecule has 1 aromatic carbocycles. The minimum atomic E-state index is -4.54. The number of hydrogen-bond acceptors (Lipinski definition) is 6. The van der Waals surface area contributed by atoms with Crippen molar-refractivity contribution >= 4 is 33.2 Å². The largest absolute Gasteiger partial charge is 0.494 e. The third-order valence-electron chi connectivity index (χ3n) is 2.29. The molecule has 0 aliphatic heterocycles. The lowest BCUT2D eigenvalue weighted by molar-refractivity contribution is -0.124. The topological polar surface area (TPSA) is 136 Å². The van der Waals surface area contributed by atoms with Crippen LogP contribution >= 0.6 is 0 Å². The molecule has 1 rings (SSSR count). The van der Waals surface area contributed by atoms with Gasteiger partial charge < -0.3 is 15.8 Å². The fourth-order valence-corrected chi connectivity index (χ4v) is 2.11. The average molecular weight is 302 g/mol. The SMILES string of the molecule is COc1cc(N)c(S(=O)(=O)O)cc1NC(=O)CC(C)=O. The van der Waals surface area contributed by atoms with Crippen LogP contribution in [0.1, 0.15) is 13.3 Å². The van der Waals surface area contributed by atoms with E-state index in [1.807, 2.05) is 0 Å². The fourth-order valence-electron chi connectivity index (χ4n) is 1.49. The number of carbonyl (C=O) groups excluding carboxylic acids is 2. The van der Waals surface area contributed by atoms with Gasteiger partial charge in [0.1, 0.15) is 16.4 Å². The second-order valence-corrected chi connectivity index (χ2v) is 5.38. The number of hydrogen-bond donors (Lipinski definition) is 3. The summed E-state index contributed by atoms with van der Waals surface area (Å²) in [4.78, 5) is 21.8. The van der Waals surface area contributed by atoms with Gasteiger partial charge in [0.05, 0.1) is 24.9 Å². The van der Waals surface area contributed by atoms with Gasteiger partial charge in [-0.25, -0.2) is 0 Å². The Hall–Kier alpha value is -2.13. The van der Waals surface area contributed by atoms with Crippen LogP contribution < -0.4 is 15.8 Å². The Labute approximate surface area is 115 Å². The first-order valence-corrected chi connectivity index (χ1v) is 6.83. The number of benzene rings is 1. The summed E-state index contributed by atoms with van der Waals surface area (Å²) >= 11 is 0. The van der Waals surface area contributed by atoms with Crippen LogP contribution in [-0.2, 0) is 19.7 Å². The summed E-state index contributed by atoms with van der Waals surface area (Å²) in [5.74, 6) is -0.888. The smallest absolute Gasteiger partial charge is 0.296 e. The van der Waals surface area contributed by atoms with Crippen molar-refractivity contribution in [3.63, 3.8) is 0 Å². The van der Waals surface area contributed by atoms with E-state index in [2.05, 4.69) is 5.32 Å². The van der Waals surface area contributed by atoms with Crippen LogP contribution in [0, 0.1) is 0 Å². The monoisotopic (exact) mass is 302 g/mol. The van der Waals surface area contributed by atoms with E-state index in [9.17, 15) is 18.0 Å². The Balaban J connectivity index is 3.24. The van der Waals surface area contributed by atoms with Crippen LogP contribution in [0.25, 0.3) is 0 Å². The molecule has 0 aliphatic carbocycles. The number of carbonyl (C=O) groups is 2. The number of ketones is 1. The van der Waals surface area contributed by atoms with Crippen molar-refractivity contribution in [2.75, 3.05) is 18.2 Å². The molecular weight excluding hydrogens is 288 g/mol. The molecule has 0 bridgehead atoms. The summed E-state index contributed by atoms with van der Waals surface area (Å²) in [5.41, 5.74) is 5.24. The van der Waals surface area contributed by atoms with E-state index in [1.54, 1.807) is 0 Å². The van der Waals surface area contributed by atoms with E-state index in [0.717, 1.165) is 12.1 Å². The Morgan fingerprint density at radius 3 is 2.45 bits per heavy atom. The number of nitrogen functional groups attached to an aromatic ring is 1. The number of Topliss-reactive ketones (excluding diaryl/α,β-unsaturated/α-hetero) is 1. The third kappa shape index (κ3) is 3.93. The van der Waals surface area contributed by atoms with E-state index in [-0.39, 0.29) is 29.3 Å². The average Bonchev–Trinajstić information content (AvgIpc) is 2.28. The third-order valence-corrected chi connectivity index (χ3v) is 3.20. The van der Waals surface area contributed by atoms with Gasteiger partial charge in [-0.2, -0.15) is 8.42 Å². The molecule has 1 aromatic rings. The molecule has 0 saturated heterocycles. The van der Waals surface area contributed by atoms with Gasteiger partial charge in [-0.05, 0) is 13.0 Å². The second kappa shape index (κ2) is 5.88. The van der Waals surface area contributed by atoms with E-state index >= 15 is 0 Å². The molecule has 0 heterocycles. The van der Waals surface area contributed by atoms with Crippen molar-refractivity contribution in [2.24, 2.45) is 0 Å². The lowest BCUT2D eigenvalue weighted by Gasteiger charge is -2.12. The second-order valence-electron chi connectivity index (χ2n) is 3.99. The maximum Gasteiger partial charge on any atom is 0.296 e. The van der Waals surface area contributed by atoms with E-state index in [1.165, 1.54) is 14.0 Å². The highest BCUT2D eigenvalue weighted by Gasteiger charge is 2.19. The predicted octanol–water partition coefficient (Wildman–Crippen LogP) is 0.442. The number of amides is 1. The highest BCUT2D eigenvalue weighted by Crippen LogP contribution is 2.32. The number of nitrogens with two attached hydrogens (primary N) is 1. The Morgan fingerprint density at radius 1 is 1.40 bits per heavy atom. The molecule has 110 valence electrons. The van der Waals surface area contributed by atoms with Crippen LogP contribution in [0.2, 0.25) is 0 Å². The van der Waals surface area contributed by atoms with E-state index < -0.39 is 20.9 Å². The van der Waals surface area contributed by atoms with Gasteiger partial charge in [-0.15, -0.1) is 0 Å². The van der Waals surface area contributed by atoms with Gasteiger partial charge in [0.15, 0.2) is 0 Å². The first-order chi connectivity index (χ1) is 9.15. The number of anilines is 2. The summed E-state index contributed by atoms with van der Waals surface area (Å²) in [6, 6.07) is 2.11. The van der Waals surface area contributed by atoms with Crippen molar-refractivity contribution in [1.29, 1.82) is 0 Å². The van der Waals surface area contributed by atoms with Gasteiger partial charge in [-0.1, -0.05) is 0 Å². The van der Waals surface area contributed by atoms with Gasteiger partial charge in [0.25, 0.3) is 10.1 Å². The maximum absolute atomic E-state index is 11.5. The van der Waals surface area contributed by atoms with E-state index in [0.29, 0.717) is 0 Å². The molecule has 0 spiro atoms. The molecule has 1 amide bonds. The van der Waals surface area contributed by atoms with Crippen LogP contribution in [0.3, 0.4) is 0 Å². The predicted molar refractivity (Wildman–Crippen MR) is 71.1 cm³/mol. The molecule has 0 radical (unpaired) electrons. The molecule has 0 aliphatic rings. The first kappa shape index (κ1) is 15.9. The Kier molecular flexibility index (Phi) is 4.69. The summed E-state index contributed by atoms with van der Waals surface area (Å²) in [5, 5.41) is 2.32. The lowest BCUT2D eigenvalue weighted by atomic mass is 10.2. The zero-order valence-corrected chi connectivity index (χ0v) is 11.7. The first-order valence-electron chi connectivity index (χ1n) is 5.39. The summed E-state index contributed by atoms with van der Waals surface area (Å²) in [6.07, 6.45) is -0.366. The molecule has 9 heteroatoms. The maximum atomic E-state index is 11.5. The van der Waals surface area contributed by atoms with Gasteiger partial charge in [0, 0.05) is 6.07 Å². The normalized spacial score (nSPS) is 10.9. The number of ether oxygens (including phenoxy) is 1. The number of nitrogens with one attached hydrogen (secondary N) is 1. The molecule has 0 unspecified atom stereocenters. The highest BCUT2D eigenvalue weighted by molar-refractivity contribution is 7.86. The highest BCUT2D eigenvalue weighted by atomic mass is 32.2. The molecule has 8 nitrogen and oxygen atoms in total. The van der Waals surface area contributed by atoms with Crippen molar-refractivity contribution in [1.82, 2.24) is 0 Å². The van der Waals surface area contributed by atoms with Crippen LogP contribution in [0.4, 0.5) is 11.4 Å². The summed E-state index contributed by atoms with van der Waals surface area (Å²) < 4.78 is 36.2. The molecule has 0 saturated carbocycles. The van der Waals surface area contributed by atoms with Crippen molar-refractivity contribution in [3.05, 3.63) is 12.1 Å². The number of rotatable bonds is 5. The molecule has 20 heavy (non-hydrogen) atoms. The Bertz CT molecular complexity index is 653. The molecule has 0 fully saturated rings. The lowest BCUT2D eigenvalue weighted by Crippen LogP contribution is -2.16. The number of methoxy groups -OCH3 is 1. The zero-order chi connectivity index (χ0) is 15.5. The quantitative estimate of drug-likeness (QED) is 0.408. The Morgan fingerprint density at radius 2 is 2.00 bits per heavy atom. The molecular formula is C11H14N2O6S. The van der Waals surface area contributed by atoms with Gasteiger partial charge in [0.2, 0.25) is 5.91 Å². The van der Waals surface area contributed by atoms with E-state index in [4.69, 9.17) is 15.0 Å². The fraction of sp³-hybridized carbons (Fsp3) is 0.273. The van der Waals surface area contributed by atoms with Crippen LogP contribution in [0.15, 0.2) is 17.0 Å². The van der Waals surface area contributed by atoms with Crippen molar-refractivity contribution in [2.45, 2.75) is 18.2 Å². The van der Waals surface area contributed by atoms with Crippen LogP contribution in [0.5, 0.6) is 5.75 Å². The minimum Gasteiger partial charge on any atom is -0.494 e. The van der Waals surface area contributed by atoms with Crippen molar-refractivity contribution < 1.29 is 27.3 Å².